The summed E-state index contributed by atoms with van der Waals surface area (Å²) in [5.41, 5.74) is 6.21. The minimum Gasteiger partial charge on any atom is -0.467 e. The van der Waals surface area contributed by atoms with Crippen molar-refractivity contribution in [2.75, 3.05) is 26.7 Å². The number of nitrogens with one attached hydrogen (secondary N) is 2. The Morgan fingerprint density at radius 2 is 2.00 bits per heavy atom. The number of carbonyl (C=O) groups excluding carboxylic acids is 2. The van der Waals surface area contributed by atoms with Crippen LogP contribution in [0, 0.1) is 0 Å². The van der Waals surface area contributed by atoms with Gasteiger partial charge in [0.2, 0.25) is 0 Å². The second kappa shape index (κ2) is 9.73. The Labute approximate surface area is 123 Å². The molecule has 0 aliphatic rings. The predicted octanol–water partition coefficient (Wildman–Crippen LogP) is 0.00270. The number of hydrogen-bond donors (Lipinski definition) is 3. The van der Waals surface area contributed by atoms with Crippen molar-refractivity contribution in [3.8, 4) is 0 Å². The van der Waals surface area contributed by atoms with E-state index in [0.717, 1.165) is 5.56 Å². The van der Waals surface area contributed by atoms with Gasteiger partial charge in [-0.15, -0.1) is 0 Å². The summed E-state index contributed by atoms with van der Waals surface area (Å²) in [6.07, 6.45) is -0.677. The van der Waals surface area contributed by atoms with Gasteiger partial charge in [0, 0.05) is 19.6 Å². The highest BCUT2D eigenvalue weighted by atomic mass is 16.6. The average molecular weight is 295 g/mol. The normalized spacial score (nSPS) is 11.5. The summed E-state index contributed by atoms with van der Waals surface area (Å²) in [7, 11) is 1.26. The number of ether oxygens (including phenoxy) is 2. The molecule has 0 aromatic heterocycles. The van der Waals surface area contributed by atoms with Crippen LogP contribution in [0.4, 0.5) is 4.79 Å². The van der Waals surface area contributed by atoms with Gasteiger partial charge in [-0.3, -0.25) is 0 Å². The first-order chi connectivity index (χ1) is 10.2. The van der Waals surface area contributed by atoms with Gasteiger partial charge < -0.3 is 25.8 Å². The zero-order valence-corrected chi connectivity index (χ0v) is 12.0. The Morgan fingerprint density at radius 3 is 2.62 bits per heavy atom. The number of rotatable bonds is 8. The van der Waals surface area contributed by atoms with Crippen molar-refractivity contribution in [3.63, 3.8) is 0 Å². The molecule has 0 heterocycles. The highest BCUT2D eigenvalue weighted by Crippen LogP contribution is 2.00. The number of esters is 1. The topological polar surface area (TPSA) is 103 Å². The van der Waals surface area contributed by atoms with Gasteiger partial charge in [-0.25, -0.2) is 9.59 Å². The summed E-state index contributed by atoms with van der Waals surface area (Å²) in [6.45, 7) is 1.34. The molecular formula is C14H21N3O4. The van der Waals surface area contributed by atoms with Crippen LogP contribution in [-0.4, -0.2) is 44.8 Å². The van der Waals surface area contributed by atoms with Crippen LogP contribution in [0.2, 0.25) is 0 Å². The molecule has 0 aliphatic heterocycles. The Bertz CT molecular complexity index is 439. The molecule has 1 aromatic carbocycles. The Balaban J connectivity index is 2.41. The summed E-state index contributed by atoms with van der Waals surface area (Å²) in [4.78, 5) is 23.2. The van der Waals surface area contributed by atoms with Gasteiger partial charge in [-0.2, -0.15) is 0 Å². The number of nitrogens with two attached hydrogens (primary N) is 1. The fourth-order valence-corrected chi connectivity index (χ4v) is 1.59. The van der Waals surface area contributed by atoms with Gasteiger partial charge in [0.25, 0.3) is 0 Å². The molecule has 1 rings (SSSR count). The van der Waals surface area contributed by atoms with Crippen LogP contribution in [0.25, 0.3) is 0 Å². The molecule has 7 nitrogen and oxygen atoms in total. The molecule has 0 saturated carbocycles. The van der Waals surface area contributed by atoms with Crippen molar-refractivity contribution >= 4 is 12.1 Å². The van der Waals surface area contributed by atoms with Crippen molar-refractivity contribution < 1.29 is 19.1 Å². The van der Waals surface area contributed by atoms with Gasteiger partial charge >= 0.3 is 12.1 Å². The van der Waals surface area contributed by atoms with Crippen molar-refractivity contribution in [2.24, 2.45) is 5.73 Å². The van der Waals surface area contributed by atoms with E-state index in [1.807, 2.05) is 30.3 Å². The molecule has 21 heavy (non-hydrogen) atoms. The lowest BCUT2D eigenvalue weighted by atomic mass is 10.2. The molecule has 0 radical (unpaired) electrons. The number of benzene rings is 1. The van der Waals surface area contributed by atoms with E-state index in [0.29, 0.717) is 13.1 Å². The smallest absolute Gasteiger partial charge is 0.408 e. The van der Waals surface area contributed by atoms with E-state index in [2.05, 4.69) is 15.4 Å². The molecule has 4 N–H and O–H groups in total. The first kappa shape index (κ1) is 16.9. The number of amides is 1. The number of methoxy groups -OCH3 is 1. The third-order valence-corrected chi connectivity index (χ3v) is 2.66. The number of hydrogen-bond acceptors (Lipinski definition) is 6. The summed E-state index contributed by atoms with van der Waals surface area (Å²) in [6, 6.07) is 8.45. The molecule has 116 valence electrons. The molecule has 0 spiro atoms. The first-order valence-electron chi connectivity index (χ1n) is 6.63. The molecule has 1 atom stereocenters. The zero-order valence-electron chi connectivity index (χ0n) is 12.0. The van der Waals surface area contributed by atoms with E-state index in [-0.39, 0.29) is 13.2 Å². The Kier molecular flexibility index (Phi) is 7.85. The van der Waals surface area contributed by atoms with Crippen molar-refractivity contribution in [3.05, 3.63) is 35.9 Å². The lowest BCUT2D eigenvalue weighted by molar-refractivity contribution is -0.142. The number of carbonyl (C=O) groups is 2. The maximum atomic E-state index is 11.7. The fourth-order valence-electron chi connectivity index (χ4n) is 1.59. The maximum Gasteiger partial charge on any atom is 0.408 e. The lowest BCUT2D eigenvalue weighted by Gasteiger charge is -2.16. The van der Waals surface area contributed by atoms with Crippen LogP contribution < -0.4 is 16.4 Å². The van der Waals surface area contributed by atoms with Crippen LogP contribution in [0.3, 0.4) is 0 Å². The van der Waals surface area contributed by atoms with Crippen LogP contribution >= 0.6 is 0 Å². The van der Waals surface area contributed by atoms with E-state index in [9.17, 15) is 9.59 Å². The van der Waals surface area contributed by atoms with Gasteiger partial charge in [-0.1, -0.05) is 30.3 Å². The molecule has 1 aromatic rings. The standard InChI is InChI=1S/C14H21N3O4/c1-20-13(18)12(9-16-8-7-15)17-14(19)21-10-11-5-3-2-4-6-11/h2-6,12,16H,7-10,15H2,1H3,(H,17,19). The van der Waals surface area contributed by atoms with Gasteiger partial charge in [0.15, 0.2) is 0 Å². The third-order valence-electron chi connectivity index (χ3n) is 2.66. The SMILES string of the molecule is COC(=O)C(CNCCN)NC(=O)OCc1ccccc1. The van der Waals surface area contributed by atoms with E-state index in [1.165, 1.54) is 7.11 Å². The molecule has 0 fully saturated rings. The van der Waals surface area contributed by atoms with Gasteiger partial charge in [-0.05, 0) is 5.56 Å². The van der Waals surface area contributed by atoms with E-state index in [4.69, 9.17) is 10.5 Å². The summed E-state index contributed by atoms with van der Waals surface area (Å²) < 4.78 is 9.68. The predicted molar refractivity (Wildman–Crippen MR) is 77.5 cm³/mol. The molecule has 1 amide bonds. The molecule has 1 unspecified atom stereocenters. The highest BCUT2D eigenvalue weighted by Gasteiger charge is 2.21. The van der Waals surface area contributed by atoms with Crippen molar-refractivity contribution in [2.45, 2.75) is 12.6 Å². The molecular weight excluding hydrogens is 274 g/mol. The Hall–Kier alpha value is -2.12. The molecule has 7 heteroatoms. The summed E-state index contributed by atoms with van der Waals surface area (Å²) in [5.74, 6) is -0.545. The van der Waals surface area contributed by atoms with E-state index in [1.54, 1.807) is 0 Å². The van der Waals surface area contributed by atoms with Gasteiger partial charge in [0.1, 0.15) is 12.6 Å². The summed E-state index contributed by atoms with van der Waals surface area (Å²) in [5, 5.41) is 5.39. The largest absolute Gasteiger partial charge is 0.467 e. The zero-order chi connectivity index (χ0) is 15.5. The van der Waals surface area contributed by atoms with Crippen molar-refractivity contribution in [1.82, 2.24) is 10.6 Å². The Morgan fingerprint density at radius 1 is 1.29 bits per heavy atom. The quantitative estimate of drug-likeness (QED) is 0.461. The second-order valence-corrected chi connectivity index (χ2v) is 4.27. The molecule has 0 saturated heterocycles. The van der Waals surface area contributed by atoms with Crippen LogP contribution in [-0.2, 0) is 20.9 Å². The summed E-state index contributed by atoms with van der Waals surface area (Å²) >= 11 is 0. The van der Waals surface area contributed by atoms with Crippen LogP contribution in [0.5, 0.6) is 0 Å². The minimum absolute atomic E-state index is 0.136. The van der Waals surface area contributed by atoms with Gasteiger partial charge in [0.05, 0.1) is 7.11 Å². The average Bonchev–Trinajstić information content (AvgIpc) is 2.52. The second-order valence-electron chi connectivity index (χ2n) is 4.27. The highest BCUT2D eigenvalue weighted by molar-refractivity contribution is 5.81. The molecule has 0 aliphatic carbocycles. The van der Waals surface area contributed by atoms with Crippen LogP contribution in [0.1, 0.15) is 5.56 Å². The monoisotopic (exact) mass is 295 g/mol. The van der Waals surface area contributed by atoms with E-state index >= 15 is 0 Å². The number of alkyl carbamates (subject to hydrolysis) is 1. The lowest BCUT2D eigenvalue weighted by Crippen LogP contribution is -2.48. The minimum atomic E-state index is -0.815. The van der Waals surface area contributed by atoms with Crippen LogP contribution in [0.15, 0.2) is 30.3 Å². The van der Waals surface area contributed by atoms with E-state index < -0.39 is 18.1 Å². The fraction of sp³-hybridized carbons (Fsp3) is 0.429. The maximum absolute atomic E-state index is 11.7. The van der Waals surface area contributed by atoms with Crippen molar-refractivity contribution in [1.29, 1.82) is 0 Å². The molecule has 0 bridgehead atoms. The third kappa shape index (κ3) is 6.73. The first-order valence-corrected chi connectivity index (χ1v) is 6.63.